The van der Waals surface area contributed by atoms with Gasteiger partial charge in [0.2, 0.25) is 0 Å². The van der Waals surface area contributed by atoms with Gasteiger partial charge in [0.1, 0.15) is 5.82 Å². The Hall–Kier alpha value is -2.40. The maximum atomic E-state index is 13.2. The van der Waals surface area contributed by atoms with Gasteiger partial charge in [0, 0.05) is 30.9 Å². The molecule has 0 aliphatic carbocycles. The number of morpholine rings is 1. The molecule has 2 aromatic rings. The predicted octanol–water partition coefficient (Wildman–Crippen LogP) is 2.59. The molecule has 1 amide bonds. The number of hydrogen-bond donors (Lipinski definition) is 1. The van der Waals surface area contributed by atoms with Crippen molar-refractivity contribution in [2.24, 2.45) is 0 Å². The number of ether oxygens (including phenoxy) is 1. The summed E-state index contributed by atoms with van der Waals surface area (Å²) in [4.78, 5) is 14.4. The van der Waals surface area contributed by atoms with Gasteiger partial charge in [-0.15, -0.1) is 0 Å². The van der Waals surface area contributed by atoms with Gasteiger partial charge in [-0.2, -0.15) is 0 Å². The standard InChI is InChI=1S/C18H19FN2O2/c19-16-6-3-5-14(12-16)18(22)20-13-15-4-1-2-7-17(15)21-8-10-23-11-9-21/h1-7,12H,8-11,13H2,(H,20,22). The Morgan fingerprint density at radius 1 is 1.13 bits per heavy atom. The number of carbonyl (C=O) groups is 1. The number of anilines is 1. The largest absolute Gasteiger partial charge is 0.378 e. The minimum absolute atomic E-state index is 0.277. The number of hydrogen-bond acceptors (Lipinski definition) is 3. The van der Waals surface area contributed by atoms with E-state index in [0.717, 1.165) is 24.3 Å². The third-order valence-corrected chi connectivity index (χ3v) is 3.87. The SMILES string of the molecule is O=C(NCc1ccccc1N1CCOCC1)c1cccc(F)c1. The number of nitrogens with zero attached hydrogens (tertiary/aromatic N) is 1. The quantitative estimate of drug-likeness (QED) is 0.943. The second kappa shape index (κ2) is 7.24. The first-order chi connectivity index (χ1) is 11.2. The second-order valence-electron chi connectivity index (χ2n) is 5.42. The van der Waals surface area contributed by atoms with Gasteiger partial charge < -0.3 is 15.0 Å². The van der Waals surface area contributed by atoms with Crippen molar-refractivity contribution in [3.63, 3.8) is 0 Å². The lowest BCUT2D eigenvalue weighted by molar-refractivity contribution is 0.0950. The Morgan fingerprint density at radius 3 is 2.70 bits per heavy atom. The molecule has 0 spiro atoms. The van der Waals surface area contributed by atoms with Crippen molar-refractivity contribution < 1.29 is 13.9 Å². The van der Waals surface area contributed by atoms with Crippen molar-refractivity contribution >= 4 is 11.6 Å². The van der Waals surface area contributed by atoms with E-state index in [4.69, 9.17) is 4.74 Å². The minimum atomic E-state index is -0.411. The van der Waals surface area contributed by atoms with Crippen LogP contribution in [0, 0.1) is 5.82 Å². The van der Waals surface area contributed by atoms with Crippen LogP contribution in [0.1, 0.15) is 15.9 Å². The van der Waals surface area contributed by atoms with Crippen LogP contribution < -0.4 is 10.2 Å². The monoisotopic (exact) mass is 314 g/mol. The summed E-state index contributed by atoms with van der Waals surface area (Å²) in [5.41, 5.74) is 2.48. The summed E-state index contributed by atoms with van der Waals surface area (Å²) in [7, 11) is 0. The first-order valence-electron chi connectivity index (χ1n) is 7.68. The summed E-state index contributed by atoms with van der Waals surface area (Å²) in [5.74, 6) is -0.687. The van der Waals surface area contributed by atoms with Gasteiger partial charge in [-0.3, -0.25) is 4.79 Å². The van der Waals surface area contributed by atoms with Gasteiger partial charge in [0.05, 0.1) is 13.2 Å². The van der Waals surface area contributed by atoms with Crippen molar-refractivity contribution in [2.45, 2.75) is 6.54 Å². The van der Waals surface area contributed by atoms with Gasteiger partial charge in [0.25, 0.3) is 5.91 Å². The molecular formula is C18H19FN2O2. The minimum Gasteiger partial charge on any atom is -0.378 e. The average Bonchev–Trinajstić information content (AvgIpc) is 2.60. The van der Waals surface area contributed by atoms with Crippen LogP contribution in [0.2, 0.25) is 0 Å². The summed E-state index contributed by atoms with van der Waals surface area (Å²) in [6.45, 7) is 3.51. The topological polar surface area (TPSA) is 41.6 Å². The molecule has 1 heterocycles. The number of halogens is 1. The van der Waals surface area contributed by atoms with Crippen LogP contribution in [0.15, 0.2) is 48.5 Å². The van der Waals surface area contributed by atoms with Crippen LogP contribution >= 0.6 is 0 Å². The van der Waals surface area contributed by atoms with Crippen LogP contribution in [0.25, 0.3) is 0 Å². The van der Waals surface area contributed by atoms with E-state index < -0.39 is 5.82 Å². The summed E-state index contributed by atoms with van der Waals surface area (Å²) < 4.78 is 18.6. The van der Waals surface area contributed by atoms with Crippen LogP contribution in [0.3, 0.4) is 0 Å². The molecule has 2 aromatic carbocycles. The highest BCUT2D eigenvalue weighted by atomic mass is 19.1. The second-order valence-corrected chi connectivity index (χ2v) is 5.42. The third kappa shape index (κ3) is 3.87. The third-order valence-electron chi connectivity index (χ3n) is 3.87. The van der Waals surface area contributed by atoms with Crippen molar-refractivity contribution in [1.29, 1.82) is 0 Å². The highest BCUT2D eigenvalue weighted by Crippen LogP contribution is 2.21. The Balaban J connectivity index is 1.69. The molecule has 0 unspecified atom stereocenters. The smallest absolute Gasteiger partial charge is 0.251 e. The molecule has 0 saturated carbocycles. The van der Waals surface area contributed by atoms with Crippen LogP contribution in [0.5, 0.6) is 0 Å². The molecule has 23 heavy (non-hydrogen) atoms. The molecular weight excluding hydrogens is 295 g/mol. The number of para-hydroxylation sites is 1. The van der Waals surface area contributed by atoms with E-state index in [1.165, 1.54) is 18.2 Å². The summed E-state index contributed by atoms with van der Waals surface area (Å²) in [6, 6.07) is 13.7. The van der Waals surface area contributed by atoms with E-state index in [9.17, 15) is 9.18 Å². The van der Waals surface area contributed by atoms with Gasteiger partial charge in [-0.05, 0) is 29.8 Å². The lowest BCUT2D eigenvalue weighted by Gasteiger charge is -2.30. The summed E-state index contributed by atoms with van der Waals surface area (Å²) in [6.07, 6.45) is 0. The molecule has 0 aromatic heterocycles. The zero-order valence-corrected chi connectivity index (χ0v) is 12.8. The van der Waals surface area contributed by atoms with Gasteiger partial charge in [0.15, 0.2) is 0 Å². The normalized spacial score (nSPS) is 14.6. The molecule has 1 aliphatic heterocycles. The Labute approximate surface area is 134 Å². The number of carbonyl (C=O) groups excluding carboxylic acids is 1. The van der Waals surface area contributed by atoms with Crippen molar-refractivity contribution in [3.05, 3.63) is 65.5 Å². The lowest BCUT2D eigenvalue weighted by atomic mass is 10.1. The van der Waals surface area contributed by atoms with Crippen LogP contribution in [0.4, 0.5) is 10.1 Å². The molecule has 120 valence electrons. The first kappa shape index (κ1) is 15.5. The maximum absolute atomic E-state index is 13.2. The zero-order valence-electron chi connectivity index (χ0n) is 12.8. The fraction of sp³-hybridized carbons (Fsp3) is 0.278. The number of nitrogens with one attached hydrogen (secondary N) is 1. The number of amides is 1. The van der Waals surface area contributed by atoms with Crippen LogP contribution in [-0.4, -0.2) is 32.2 Å². The molecule has 1 aliphatic rings. The van der Waals surface area contributed by atoms with Gasteiger partial charge in [-0.1, -0.05) is 24.3 Å². The molecule has 0 radical (unpaired) electrons. The molecule has 5 heteroatoms. The summed E-state index contributed by atoms with van der Waals surface area (Å²) in [5, 5.41) is 2.86. The molecule has 1 fully saturated rings. The Kier molecular flexibility index (Phi) is 4.88. The highest BCUT2D eigenvalue weighted by molar-refractivity contribution is 5.94. The molecule has 0 atom stereocenters. The molecule has 1 saturated heterocycles. The Morgan fingerprint density at radius 2 is 1.91 bits per heavy atom. The molecule has 1 N–H and O–H groups in total. The van der Waals surface area contributed by atoms with E-state index in [-0.39, 0.29) is 5.91 Å². The van der Waals surface area contributed by atoms with E-state index in [0.29, 0.717) is 25.3 Å². The van der Waals surface area contributed by atoms with Crippen molar-refractivity contribution in [2.75, 3.05) is 31.2 Å². The van der Waals surface area contributed by atoms with Gasteiger partial charge in [-0.25, -0.2) is 4.39 Å². The fourth-order valence-corrected chi connectivity index (χ4v) is 2.68. The summed E-state index contributed by atoms with van der Waals surface area (Å²) >= 11 is 0. The van der Waals surface area contributed by atoms with Crippen molar-refractivity contribution in [3.8, 4) is 0 Å². The predicted molar refractivity (Wildman–Crippen MR) is 87.0 cm³/mol. The van der Waals surface area contributed by atoms with Crippen LogP contribution in [-0.2, 0) is 11.3 Å². The first-order valence-corrected chi connectivity index (χ1v) is 7.68. The van der Waals surface area contributed by atoms with E-state index in [1.807, 2.05) is 18.2 Å². The lowest BCUT2D eigenvalue weighted by Crippen LogP contribution is -2.37. The zero-order chi connectivity index (χ0) is 16.1. The van der Waals surface area contributed by atoms with E-state index in [1.54, 1.807) is 6.07 Å². The maximum Gasteiger partial charge on any atom is 0.251 e. The fourth-order valence-electron chi connectivity index (χ4n) is 2.68. The average molecular weight is 314 g/mol. The van der Waals surface area contributed by atoms with E-state index >= 15 is 0 Å². The molecule has 0 bridgehead atoms. The van der Waals surface area contributed by atoms with Crippen molar-refractivity contribution in [1.82, 2.24) is 5.32 Å². The Bertz CT molecular complexity index is 684. The number of rotatable bonds is 4. The van der Waals surface area contributed by atoms with Gasteiger partial charge >= 0.3 is 0 Å². The molecule has 4 nitrogen and oxygen atoms in total. The van der Waals surface area contributed by atoms with E-state index in [2.05, 4.69) is 16.3 Å². The highest BCUT2D eigenvalue weighted by Gasteiger charge is 2.15. The number of benzene rings is 2. The molecule has 3 rings (SSSR count).